The van der Waals surface area contributed by atoms with Crippen molar-refractivity contribution in [2.45, 2.75) is 81.2 Å². The Morgan fingerprint density at radius 1 is 0.729 bits per heavy atom. The second kappa shape index (κ2) is 20.1. The third-order valence-corrected chi connectivity index (χ3v) is 12.6. The minimum absolute atomic E-state index is 0.00908. The Balaban J connectivity index is 1.21. The molecule has 2 unspecified atom stereocenters. The highest BCUT2D eigenvalue weighted by atomic mass is 32.2. The van der Waals surface area contributed by atoms with Crippen molar-refractivity contribution in [1.82, 2.24) is 15.5 Å². The molecule has 0 saturated carbocycles. The summed E-state index contributed by atoms with van der Waals surface area (Å²) in [6.07, 6.45) is 0.981. The molecule has 8 nitrogen and oxygen atoms in total. The topological polar surface area (TPSA) is 97.0 Å². The van der Waals surface area contributed by atoms with E-state index in [2.05, 4.69) is 83.4 Å². The van der Waals surface area contributed by atoms with Gasteiger partial charge in [-0.05, 0) is 60.9 Å². The van der Waals surface area contributed by atoms with Gasteiger partial charge in [0, 0.05) is 24.4 Å². The molecular weight excluding hydrogens is 755 g/mol. The molecule has 0 aromatic heterocycles. The molecule has 59 heavy (non-hydrogen) atoms. The summed E-state index contributed by atoms with van der Waals surface area (Å²) in [6, 6.07) is 49.7. The smallest absolute Gasteiger partial charge is 0.410 e. The predicted octanol–water partition coefficient (Wildman–Crippen LogP) is 9.54. The number of likely N-dealkylation sites (tertiary alicyclic amines) is 1. The van der Waals surface area contributed by atoms with E-state index in [9.17, 15) is 14.4 Å². The second-order valence-corrected chi connectivity index (χ2v) is 17.8. The number of nitrogens with one attached hydrogen (secondary N) is 2. The number of rotatable bonds is 16. The Morgan fingerprint density at radius 3 is 1.63 bits per heavy atom. The van der Waals surface area contributed by atoms with Crippen LogP contribution in [0.4, 0.5) is 4.79 Å². The summed E-state index contributed by atoms with van der Waals surface area (Å²) in [7, 11) is 0. The van der Waals surface area contributed by atoms with Gasteiger partial charge >= 0.3 is 12.1 Å². The molecule has 9 heteroatoms. The monoisotopic (exact) mass is 811 g/mol. The molecule has 4 atom stereocenters. The van der Waals surface area contributed by atoms with Crippen molar-refractivity contribution in [3.63, 3.8) is 0 Å². The molecule has 1 aliphatic rings. The summed E-state index contributed by atoms with van der Waals surface area (Å²) in [6.45, 7) is 10.0. The van der Waals surface area contributed by atoms with Crippen LogP contribution in [-0.4, -0.2) is 65.5 Å². The third kappa shape index (κ3) is 11.0. The van der Waals surface area contributed by atoms with Crippen LogP contribution < -0.4 is 10.6 Å². The fourth-order valence-electron chi connectivity index (χ4n) is 7.76. The van der Waals surface area contributed by atoms with Gasteiger partial charge in [0.15, 0.2) is 6.61 Å². The zero-order valence-electron chi connectivity index (χ0n) is 34.8. The van der Waals surface area contributed by atoms with Gasteiger partial charge in [-0.3, -0.25) is 9.59 Å². The minimum Gasteiger partial charge on any atom is -0.454 e. The first kappa shape index (κ1) is 43.2. The van der Waals surface area contributed by atoms with E-state index < -0.39 is 40.9 Å². The van der Waals surface area contributed by atoms with Crippen LogP contribution in [0.5, 0.6) is 0 Å². The maximum absolute atomic E-state index is 14.0. The van der Waals surface area contributed by atoms with Gasteiger partial charge in [0.25, 0.3) is 5.91 Å². The predicted molar refractivity (Wildman–Crippen MR) is 237 cm³/mol. The van der Waals surface area contributed by atoms with Crippen LogP contribution in [0.2, 0.25) is 0 Å². The van der Waals surface area contributed by atoms with Gasteiger partial charge in [-0.1, -0.05) is 172 Å². The van der Waals surface area contributed by atoms with Gasteiger partial charge in [0.2, 0.25) is 0 Å². The molecule has 1 saturated heterocycles. The number of nitrogens with zero attached hydrogens (tertiary/aromatic N) is 1. The fourth-order valence-corrected chi connectivity index (χ4v) is 9.63. The van der Waals surface area contributed by atoms with Gasteiger partial charge in [0.05, 0.1) is 10.8 Å². The maximum Gasteiger partial charge on any atom is 0.410 e. The normalized spacial score (nSPS) is 16.6. The highest BCUT2D eigenvalue weighted by molar-refractivity contribution is 8.01. The second-order valence-electron chi connectivity index (χ2n) is 16.2. The molecule has 1 aliphatic heterocycles. The first-order chi connectivity index (χ1) is 28.5. The molecule has 1 heterocycles. The van der Waals surface area contributed by atoms with Crippen LogP contribution in [0.25, 0.3) is 0 Å². The number of thioether (sulfide) groups is 1. The molecule has 2 amide bonds. The third-order valence-electron chi connectivity index (χ3n) is 10.8. The Labute approximate surface area is 354 Å². The van der Waals surface area contributed by atoms with Crippen LogP contribution >= 0.6 is 11.8 Å². The van der Waals surface area contributed by atoms with Gasteiger partial charge in [-0.2, -0.15) is 0 Å². The molecule has 2 N–H and O–H groups in total. The molecular formula is C50H57N3O5S. The van der Waals surface area contributed by atoms with Crippen molar-refractivity contribution in [3.8, 4) is 0 Å². The van der Waals surface area contributed by atoms with E-state index in [0.717, 1.165) is 27.8 Å². The van der Waals surface area contributed by atoms with Crippen LogP contribution in [-0.2, 0) is 23.8 Å². The maximum atomic E-state index is 14.0. The SMILES string of the molecule is CC[C@H](C)[C@H](NCC1CC(SC(c2ccccc2)(c2ccccc2)c2ccccc2)CN1C(=O)OC(C)(C)C)C(=O)OCC(=O)NC(c1ccccc1)c1ccccc1. The first-order valence-corrected chi connectivity index (χ1v) is 21.5. The van der Waals surface area contributed by atoms with Gasteiger partial charge < -0.3 is 25.0 Å². The Kier molecular flexibility index (Phi) is 14.7. The quantitative estimate of drug-likeness (QED) is 0.0757. The molecule has 1 fully saturated rings. The highest BCUT2D eigenvalue weighted by Crippen LogP contribution is 2.52. The first-order valence-electron chi connectivity index (χ1n) is 20.6. The van der Waals surface area contributed by atoms with E-state index in [1.165, 1.54) is 0 Å². The molecule has 308 valence electrons. The summed E-state index contributed by atoms with van der Waals surface area (Å²) in [4.78, 5) is 43.0. The zero-order chi connectivity index (χ0) is 41.8. The van der Waals surface area contributed by atoms with Crippen LogP contribution in [0, 0.1) is 5.92 Å². The summed E-state index contributed by atoms with van der Waals surface area (Å²) >= 11 is 1.85. The fraction of sp³-hybridized carbons (Fsp3) is 0.340. The average molecular weight is 812 g/mol. The molecule has 5 aromatic carbocycles. The summed E-state index contributed by atoms with van der Waals surface area (Å²) < 4.78 is 11.1. The van der Waals surface area contributed by atoms with Crippen molar-refractivity contribution < 1.29 is 23.9 Å². The summed E-state index contributed by atoms with van der Waals surface area (Å²) in [5, 5.41) is 6.56. The molecule has 5 aromatic rings. The number of esters is 1. The lowest BCUT2D eigenvalue weighted by Gasteiger charge is -2.37. The molecule has 0 spiro atoms. The van der Waals surface area contributed by atoms with Crippen molar-refractivity contribution >= 4 is 29.7 Å². The van der Waals surface area contributed by atoms with Gasteiger partial charge in [-0.15, -0.1) is 11.8 Å². The van der Waals surface area contributed by atoms with E-state index in [4.69, 9.17) is 9.47 Å². The van der Waals surface area contributed by atoms with E-state index >= 15 is 0 Å². The van der Waals surface area contributed by atoms with E-state index in [-0.39, 0.29) is 23.3 Å². The van der Waals surface area contributed by atoms with Crippen molar-refractivity contribution in [1.29, 1.82) is 0 Å². The molecule has 0 bridgehead atoms. The number of ether oxygens (including phenoxy) is 2. The van der Waals surface area contributed by atoms with Crippen molar-refractivity contribution in [2.75, 3.05) is 19.7 Å². The number of benzene rings is 5. The zero-order valence-corrected chi connectivity index (χ0v) is 35.6. The minimum atomic E-state index is -0.698. The molecule has 6 rings (SSSR count). The Morgan fingerprint density at radius 2 is 1.19 bits per heavy atom. The lowest BCUT2D eigenvalue weighted by Crippen LogP contribution is -2.50. The molecule has 0 radical (unpaired) electrons. The van der Waals surface area contributed by atoms with E-state index in [1.54, 1.807) is 0 Å². The number of hydrogen-bond donors (Lipinski definition) is 2. The van der Waals surface area contributed by atoms with Crippen molar-refractivity contribution in [3.05, 3.63) is 179 Å². The van der Waals surface area contributed by atoms with Crippen molar-refractivity contribution in [2.24, 2.45) is 5.92 Å². The van der Waals surface area contributed by atoms with Gasteiger partial charge in [0.1, 0.15) is 11.6 Å². The Hall–Kier alpha value is -5.38. The van der Waals surface area contributed by atoms with Gasteiger partial charge in [-0.25, -0.2) is 4.79 Å². The lowest BCUT2D eigenvalue weighted by molar-refractivity contribution is -0.152. The average Bonchev–Trinajstić information content (AvgIpc) is 3.67. The largest absolute Gasteiger partial charge is 0.454 e. The Bertz CT molecular complexity index is 1940. The van der Waals surface area contributed by atoms with E-state index in [1.807, 2.05) is 130 Å². The van der Waals surface area contributed by atoms with E-state index in [0.29, 0.717) is 25.9 Å². The number of carbonyl (C=O) groups excluding carboxylic acids is 3. The highest BCUT2D eigenvalue weighted by Gasteiger charge is 2.45. The number of hydrogen-bond acceptors (Lipinski definition) is 7. The summed E-state index contributed by atoms with van der Waals surface area (Å²) in [5.74, 6) is -1.01. The number of amides is 2. The molecule has 0 aliphatic carbocycles. The van der Waals surface area contributed by atoms with Crippen LogP contribution in [0.15, 0.2) is 152 Å². The summed E-state index contributed by atoms with van der Waals surface area (Å²) in [5.41, 5.74) is 4.61. The number of carbonyl (C=O) groups is 3. The van der Waals surface area contributed by atoms with Crippen LogP contribution in [0.3, 0.4) is 0 Å². The standard InChI is InChI=1S/C50H57N3O5S/c1-6-36(2)45(47(55)57-35-44(54)52-46(37-22-12-7-13-23-37)38-24-14-8-15-25-38)51-33-42-32-43(34-53(42)48(56)58-49(3,4)5)59-50(39-26-16-9-17-27-39,40-28-18-10-19-29-40)41-30-20-11-21-31-41/h7-31,36,42-43,45-46,51H,6,32-35H2,1-5H3,(H,52,54)/t36-,42?,43?,45-/m0/s1. The van der Waals surface area contributed by atoms with Crippen LogP contribution in [0.1, 0.15) is 81.3 Å². The lowest BCUT2D eigenvalue weighted by atomic mass is 9.84.